The van der Waals surface area contributed by atoms with Gasteiger partial charge in [0.15, 0.2) is 11.5 Å². The van der Waals surface area contributed by atoms with Gasteiger partial charge in [0.1, 0.15) is 5.82 Å². The standard InChI is InChI=1S/C14H19N3O2/c1-8-6-15-7-9(8)14-16-10-4-12(18-2)13(19-3)5-11(10)17-14/h4-5,8-9,15H,6-7H2,1-3H3,(H,16,17)/t8-,9-/m1/s1. The highest BCUT2D eigenvalue weighted by Gasteiger charge is 2.27. The van der Waals surface area contributed by atoms with E-state index in [-0.39, 0.29) is 0 Å². The van der Waals surface area contributed by atoms with Gasteiger partial charge in [-0.2, -0.15) is 0 Å². The Labute approximate surface area is 112 Å². The lowest BCUT2D eigenvalue weighted by Gasteiger charge is -2.09. The number of benzene rings is 1. The van der Waals surface area contributed by atoms with Crippen molar-refractivity contribution in [1.29, 1.82) is 0 Å². The normalized spacial score (nSPS) is 22.9. The van der Waals surface area contributed by atoms with E-state index in [9.17, 15) is 0 Å². The predicted molar refractivity (Wildman–Crippen MR) is 74.0 cm³/mol. The fourth-order valence-electron chi connectivity index (χ4n) is 2.71. The third-order valence-corrected chi connectivity index (χ3v) is 3.87. The number of imidazole rings is 1. The Balaban J connectivity index is 2.05. The summed E-state index contributed by atoms with van der Waals surface area (Å²) in [7, 11) is 3.28. The van der Waals surface area contributed by atoms with Gasteiger partial charge in [-0.1, -0.05) is 6.92 Å². The maximum atomic E-state index is 5.32. The van der Waals surface area contributed by atoms with E-state index in [0.29, 0.717) is 17.6 Å². The molecule has 1 aromatic carbocycles. The van der Waals surface area contributed by atoms with E-state index >= 15 is 0 Å². The molecule has 0 amide bonds. The lowest BCUT2D eigenvalue weighted by Crippen LogP contribution is -2.09. The first kappa shape index (κ1) is 12.3. The van der Waals surface area contributed by atoms with Crippen molar-refractivity contribution in [3.8, 4) is 11.5 Å². The molecule has 2 aromatic rings. The average molecular weight is 261 g/mol. The number of methoxy groups -OCH3 is 2. The van der Waals surface area contributed by atoms with Crippen LogP contribution in [-0.2, 0) is 0 Å². The van der Waals surface area contributed by atoms with Crippen molar-refractivity contribution in [3.63, 3.8) is 0 Å². The van der Waals surface area contributed by atoms with E-state index in [2.05, 4.69) is 17.2 Å². The van der Waals surface area contributed by atoms with E-state index in [1.54, 1.807) is 14.2 Å². The topological polar surface area (TPSA) is 59.2 Å². The molecule has 0 aliphatic carbocycles. The molecule has 2 atom stereocenters. The Hall–Kier alpha value is -1.75. The highest BCUT2D eigenvalue weighted by Crippen LogP contribution is 2.33. The number of fused-ring (bicyclic) bond motifs is 1. The molecule has 0 bridgehead atoms. The monoisotopic (exact) mass is 261 g/mol. The van der Waals surface area contributed by atoms with Crippen molar-refractivity contribution in [2.45, 2.75) is 12.8 Å². The summed E-state index contributed by atoms with van der Waals surface area (Å²) >= 11 is 0. The van der Waals surface area contributed by atoms with Gasteiger partial charge in [0.2, 0.25) is 0 Å². The Bertz CT molecular complexity index is 553. The Morgan fingerprint density at radius 1 is 1.16 bits per heavy atom. The number of ether oxygens (including phenoxy) is 2. The van der Waals surface area contributed by atoms with Crippen LogP contribution in [0.3, 0.4) is 0 Å². The Morgan fingerprint density at radius 3 is 2.53 bits per heavy atom. The predicted octanol–water partition coefficient (Wildman–Crippen LogP) is 1.90. The van der Waals surface area contributed by atoms with Gasteiger partial charge in [-0.05, 0) is 12.5 Å². The minimum Gasteiger partial charge on any atom is -0.493 e. The second-order valence-corrected chi connectivity index (χ2v) is 5.09. The van der Waals surface area contributed by atoms with Gasteiger partial charge >= 0.3 is 0 Å². The van der Waals surface area contributed by atoms with Crippen molar-refractivity contribution in [1.82, 2.24) is 15.3 Å². The zero-order valence-corrected chi connectivity index (χ0v) is 11.5. The van der Waals surface area contributed by atoms with Crippen LogP contribution in [0.2, 0.25) is 0 Å². The maximum Gasteiger partial charge on any atom is 0.163 e. The fourth-order valence-corrected chi connectivity index (χ4v) is 2.71. The van der Waals surface area contributed by atoms with Gasteiger partial charge in [-0.15, -0.1) is 0 Å². The third-order valence-electron chi connectivity index (χ3n) is 3.87. The van der Waals surface area contributed by atoms with Gasteiger partial charge in [0.05, 0.1) is 25.3 Å². The van der Waals surface area contributed by atoms with Crippen LogP contribution in [0.4, 0.5) is 0 Å². The molecule has 1 aliphatic heterocycles. The molecule has 5 nitrogen and oxygen atoms in total. The molecule has 0 saturated carbocycles. The van der Waals surface area contributed by atoms with Crippen molar-refractivity contribution in [3.05, 3.63) is 18.0 Å². The van der Waals surface area contributed by atoms with Crippen LogP contribution < -0.4 is 14.8 Å². The first-order valence-electron chi connectivity index (χ1n) is 6.55. The first-order valence-corrected chi connectivity index (χ1v) is 6.55. The van der Waals surface area contributed by atoms with Gasteiger partial charge in [-0.25, -0.2) is 4.98 Å². The zero-order chi connectivity index (χ0) is 13.4. The van der Waals surface area contributed by atoms with Crippen LogP contribution in [0.5, 0.6) is 11.5 Å². The van der Waals surface area contributed by atoms with E-state index < -0.39 is 0 Å². The molecule has 5 heteroatoms. The van der Waals surface area contributed by atoms with Crippen LogP contribution in [0.25, 0.3) is 11.0 Å². The van der Waals surface area contributed by atoms with Crippen molar-refractivity contribution in [2.75, 3.05) is 27.3 Å². The summed E-state index contributed by atoms with van der Waals surface area (Å²) in [5, 5.41) is 3.40. The summed E-state index contributed by atoms with van der Waals surface area (Å²) < 4.78 is 10.6. The maximum absolute atomic E-state index is 5.32. The molecule has 1 aliphatic rings. The second-order valence-electron chi connectivity index (χ2n) is 5.09. The molecular formula is C14H19N3O2. The minimum atomic E-state index is 0.449. The minimum absolute atomic E-state index is 0.449. The number of H-pyrrole nitrogens is 1. The number of aromatic nitrogens is 2. The molecule has 0 radical (unpaired) electrons. The van der Waals surface area contributed by atoms with E-state index in [1.165, 1.54) is 0 Å². The molecular weight excluding hydrogens is 242 g/mol. The van der Waals surface area contributed by atoms with E-state index in [4.69, 9.17) is 14.5 Å². The smallest absolute Gasteiger partial charge is 0.163 e. The number of rotatable bonds is 3. The van der Waals surface area contributed by atoms with Crippen molar-refractivity contribution >= 4 is 11.0 Å². The third kappa shape index (κ3) is 2.04. The van der Waals surface area contributed by atoms with Gasteiger partial charge in [0, 0.05) is 24.6 Å². The molecule has 19 heavy (non-hydrogen) atoms. The molecule has 102 valence electrons. The zero-order valence-electron chi connectivity index (χ0n) is 11.5. The fraction of sp³-hybridized carbons (Fsp3) is 0.500. The number of hydrogen-bond acceptors (Lipinski definition) is 4. The number of nitrogens with one attached hydrogen (secondary N) is 2. The largest absolute Gasteiger partial charge is 0.493 e. The summed E-state index contributed by atoms with van der Waals surface area (Å²) in [6, 6.07) is 3.86. The summed E-state index contributed by atoms with van der Waals surface area (Å²) in [5.74, 6) is 3.53. The lowest BCUT2D eigenvalue weighted by molar-refractivity contribution is 0.356. The lowest BCUT2D eigenvalue weighted by atomic mass is 9.98. The molecule has 2 heterocycles. The van der Waals surface area contributed by atoms with Crippen molar-refractivity contribution in [2.24, 2.45) is 5.92 Å². The molecule has 0 spiro atoms. The Kier molecular flexibility index (Phi) is 3.06. The van der Waals surface area contributed by atoms with Crippen LogP contribution in [0.15, 0.2) is 12.1 Å². The average Bonchev–Trinajstić information content (AvgIpc) is 3.01. The molecule has 1 saturated heterocycles. The number of nitrogens with zero attached hydrogens (tertiary/aromatic N) is 1. The summed E-state index contributed by atoms with van der Waals surface area (Å²) in [5.41, 5.74) is 1.92. The summed E-state index contributed by atoms with van der Waals surface area (Å²) in [4.78, 5) is 8.11. The SMILES string of the molecule is COc1cc2nc([C@@H]3CNC[C@H]3C)[nH]c2cc1OC. The summed E-state index contributed by atoms with van der Waals surface area (Å²) in [6.45, 7) is 4.28. The van der Waals surface area contributed by atoms with Crippen LogP contribution in [0.1, 0.15) is 18.7 Å². The van der Waals surface area contributed by atoms with Crippen LogP contribution >= 0.6 is 0 Å². The van der Waals surface area contributed by atoms with Crippen molar-refractivity contribution < 1.29 is 9.47 Å². The summed E-state index contributed by atoms with van der Waals surface area (Å²) in [6.07, 6.45) is 0. The highest BCUT2D eigenvalue weighted by atomic mass is 16.5. The van der Waals surface area contributed by atoms with Crippen LogP contribution in [0, 0.1) is 5.92 Å². The quantitative estimate of drug-likeness (QED) is 0.886. The molecule has 1 aromatic heterocycles. The van der Waals surface area contributed by atoms with E-state index in [0.717, 1.165) is 35.7 Å². The first-order chi connectivity index (χ1) is 9.22. The van der Waals surface area contributed by atoms with E-state index in [1.807, 2.05) is 12.1 Å². The molecule has 3 rings (SSSR count). The molecule has 0 unspecified atom stereocenters. The van der Waals surface area contributed by atoms with Gasteiger partial charge in [-0.3, -0.25) is 0 Å². The second kappa shape index (κ2) is 4.74. The molecule has 2 N–H and O–H groups in total. The Morgan fingerprint density at radius 2 is 1.89 bits per heavy atom. The number of aromatic amines is 1. The number of hydrogen-bond donors (Lipinski definition) is 2. The van der Waals surface area contributed by atoms with Gasteiger partial charge < -0.3 is 19.8 Å². The van der Waals surface area contributed by atoms with Gasteiger partial charge in [0.25, 0.3) is 0 Å². The highest BCUT2D eigenvalue weighted by molar-refractivity contribution is 5.79. The van der Waals surface area contributed by atoms with Crippen LogP contribution in [-0.4, -0.2) is 37.3 Å². The molecule has 1 fully saturated rings.